The normalized spacial score (nSPS) is 24.8. The molecule has 0 radical (unpaired) electrons. The van der Waals surface area contributed by atoms with Crippen molar-refractivity contribution < 1.29 is 28.2 Å². The minimum absolute atomic E-state index is 0.0471. The van der Waals surface area contributed by atoms with Gasteiger partial charge in [0.25, 0.3) is 0 Å². The quantitative estimate of drug-likeness (QED) is 0.413. The summed E-state index contributed by atoms with van der Waals surface area (Å²) >= 11 is 4.69. The van der Waals surface area contributed by atoms with Gasteiger partial charge in [-0.15, -0.1) is 0 Å². The zero-order valence-corrected chi connectivity index (χ0v) is 23.0. The molecule has 3 unspecified atom stereocenters. The highest BCUT2D eigenvalue weighted by molar-refractivity contribution is 9.10. The van der Waals surface area contributed by atoms with E-state index in [9.17, 15) is 9.59 Å². The van der Waals surface area contributed by atoms with Crippen LogP contribution in [-0.2, 0) is 19.7 Å². The molecule has 3 rings (SSSR count). The van der Waals surface area contributed by atoms with E-state index in [0.717, 1.165) is 4.90 Å². The standard InChI is InChI=1S/C24H32BrFN2O5S/c1-22(2,3)32-20(29)28(21(30)33-23(4,5)6)19-27-24(17-11-15(25)8-9-18(17)26)12-16(31-7)10-14(24)13-34-19/h8-9,11,14,16H,10,12-13H2,1-7H3. The number of methoxy groups -OCH3 is 1. The number of aliphatic imine (C=N–C) groups is 1. The molecule has 34 heavy (non-hydrogen) atoms. The first-order valence-corrected chi connectivity index (χ1v) is 12.9. The predicted molar refractivity (Wildman–Crippen MR) is 133 cm³/mol. The molecule has 1 aromatic carbocycles. The molecular formula is C24H32BrFN2O5S. The van der Waals surface area contributed by atoms with Crippen molar-refractivity contribution in [2.24, 2.45) is 10.9 Å². The van der Waals surface area contributed by atoms with Gasteiger partial charge in [-0.25, -0.2) is 19.0 Å². The van der Waals surface area contributed by atoms with Gasteiger partial charge in [0.2, 0.25) is 0 Å². The number of thioether (sulfide) groups is 1. The molecule has 3 atom stereocenters. The zero-order chi connectivity index (χ0) is 25.5. The summed E-state index contributed by atoms with van der Waals surface area (Å²) in [7, 11) is 1.62. The molecule has 2 aliphatic rings. The lowest BCUT2D eigenvalue weighted by Gasteiger charge is -2.38. The van der Waals surface area contributed by atoms with E-state index in [-0.39, 0.29) is 17.2 Å². The molecule has 1 aliphatic carbocycles. The number of amidine groups is 1. The molecular weight excluding hydrogens is 527 g/mol. The van der Waals surface area contributed by atoms with Crippen molar-refractivity contribution in [1.82, 2.24) is 4.90 Å². The maximum absolute atomic E-state index is 15.2. The third kappa shape index (κ3) is 5.94. The van der Waals surface area contributed by atoms with Crippen LogP contribution in [0, 0.1) is 11.7 Å². The van der Waals surface area contributed by atoms with Crippen molar-refractivity contribution in [3.05, 3.63) is 34.1 Å². The van der Waals surface area contributed by atoms with Crippen LogP contribution in [0.15, 0.2) is 27.7 Å². The number of nitrogens with zero attached hydrogens (tertiary/aromatic N) is 2. The Kier molecular flexibility index (Phi) is 7.75. The summed E-state index contributed by atoms with van der Waals surface area (Å²) in [5.41, 5.74) is -2.29. The predicted octanol–water partition coefficient (Wildman–Crippen LogP) is 6.48. The lowest BCUT2D eigenvalue weighted by Crippen LogP contribution is -2.49. The Bertz CT molecular complexity index is 963. The van der Waals surface area contributed by atoms with Crippen LogP contribution in [0.4, 0.5) is 14.0 Å². The summed E-state index contributed by atoms with van der Waals surface area (Å²) in [5.74, 6) is 0.0717. The van der Waals surface area contributed by atoms with Gasteiger partial charge in [-0.2, -0.15) is 4.90 Å². The minimum Gasteiger partial charge on any atom is -0.443 e. The van der Waals surface area contributed by atoms with Crippen LogP contribution in [0.2, 0.25) is 0 Å². The molecule has 188 valence electrons. The van der Waals surface area contributed by atoms with E-state index >= 15 is 4.39 Å². The van der Waals surface area contributed by atoms with E-state index in [4.69, 9.17) is 19.2 Å². The summed E-state index contributed by atoms with van der Waals surface area (Å²) in [6.07, 6.45) is -0.813. The summed E-state index contributed by atoms with van der Waals surface area (Å²) in [6, 6.07) is 4.73. The Morgan fingerprint density at radius 1 is 1.15 bits per heavy atom. The molecule has 1 saturated carbocycles. The number of benzene rings is 1. The molecule has 2 amide bonds. The van der Waals surface area contributed by atoms with Crippen LogP contribution >= 0.6 is 27.7 Å². The average molecular weight is 559 g/mol. The highest BCUT2D eigenvalue weighted by atomic mass is 79.9. The van der Waals surface area contributed by atoms with Crippen LogP contribution < -0.4 is 0 Å². The van der Waals surface area contributed by atoms with Gasteiger partial charge in [-0.05, 0) is 66.2 Å². The van der Waals surface area contributed by atoms with Gasteiger partial charge in [0.1, 0.15) is 17.0 Å². The van der Waals surface area contributed by atoms with Crippen molar-refractivity contribution >= 4 is 45.0 Å². The molecule has 0 bridgehead atoms. The number of hydrogen-bond acceptors (Lipinski definition) is 7. The fraction of sp³-hybridized carbons (Fsp3) is 0.625. The average Bonchev–Trinajstić information content (AvgIpc) is 3.06. The molecule has 7 nitrogen and oxygen atoms in total. The molecule has 0 N–H and O–H groups in total. The highest BCUT2D eigenvalue weighted by Crippen LogP contribution is 2.53. The Balaban J connectivity index is 2.14. The van der Waals surface area contributed by atoms with E-state index in [2.05, 4.69) is 15.9 Å². The Labute approximate surface area is 212 Å². The first-order chi connectivity index (χ1) is 15.6. The SMILES string of the molecule is COC1CC2CSC(N(C(=O)OC(C)(C)C)C(=O)OC(C)(C)C)=NC2(c2cc(Br)ccc2F)C1. The van der Waals surface area contributed by atoms with Crippen molar-refractivity contribution in [3.8, 4) is 0 Å². The van der Waals surface area contributed by atoms with E-state index in [1.54, 1.807) is 60.8 Å². The molecule has 1 aromatic rings. The number of carbonyl (C=O) groups excluding carboxylic acids is 2. The molecule has 0 spiro atoms. The van der Waals surface area contributed by atoms with E-state index < -0.39 is 34.7 Å². The number of ether oxygens (including phenoxy) is 3. The lowest BCUT2D eigenvalue weighted by molar-refractivity contribution is 0.0150. The third-order valence-electron chi connectivity index (χ3n) is 5.54. The van der Waals surface area contributed by atoms with Gasteiger partial charge in [-0.3, -0.25) is 0 Å². The van der Waals surface area contributed by atoms with Gasteiger partial charge in [0.05, 0.1) is 11.6 Å². The van der Waals surface area contributed by atoms with Gasteiger partial charge >= 0.3 is 12.2 Å². The van der Waals surface area contributed by atoms with Crippen molar-refractivity contribution in [3.63, 3.8) is 0 Å². The van der Waals surface area contributed by atoms with E-state index in [0.29, 0.717) is 28.6 Å². The Morgan fingerprint density at radius 3 is 2.26 bits per heavy atom. The molecule has 0 aromatic heterocycles. The zero-order valence-electron chi connectivity index (χ0n) is 20.6. The summed E-state index contributed by atoms with van der Waals surface area (Å²) < 4.78 is 32.5. The van der Waals surface area contributed by atoms with E-state index in [1.165, 1.54) is 17.8 Å². The van der Waals surface area contributed by atoms with Crippen LogP contribution in [0.3, 0.4) is 0 Å². The summed E-state index contributed by atoms with van der Waals surface area (Å²) in [5, 5.41) is 0.121. The van der Waals surface area contributed by atoms with Gasteiger partial charge < -0.3 is 14.2 Å². The Hall–Kier alpha value is -1.65. The number of imide groups is 1. The maximum Gasteiger partial charge on any atom is 0.426 e. The number of halogens is 2. The first kappa shape index (κ1) is 26.9. The Morgan fingerprint density at radius 2 is 1.74 bits per heavy atom. The summed E-state index contributed by atoms with van der Waals surface area (Å²) in [6.45, 7) is 10.3. The van der Waals surface area contributed by atoms with Gasteiger partial charge in [-0.1, -0.05) is 27.7 Å². The fourth-order valence-electron chi connectivity index (χ4n) is 4.19. The largest absolute Gasteiger partial charge is 0.443 e. The lowest BCUT2D eigenvalue weighted by atomic mass is 9.81. The van der Waals surface area contributed by atoms with Crippen molar-refractivity contribution in [1.29, 1.82) is 0 Å². The third-order valence-corrected chi connectivity index (χ3v) is 7.14. The van der Waals surface area contributed by atoms with Crippen LogP contribution in [0.5, 0.6) is 0 Å². The second-order valence-electron chi connectivity index (χ2n) is 10.5. The number of carbonyl (C=O) groups is 2. The van der Waals surface area contributed by atoms with Crippen molar-refractivity contribution in [2.45, 2.75) is 77.2 Å². The number of hydrogen-bond donors (Lipinski definition) is 0. The monoisotopic (exact) mass is 558 g/mol. The number of fused-ring (bicyclic) bond motifs is 1. The molecule has 1 fully saturated rings. The first-order valence-electron chi connectivity index (χ1n) is 11.1. The second-order valence-corrected chi connectivity index (χ2v) is 12.4. The molecule has 1 aliphatic heterocycles. The maximum atomic E-state index is 15.2. The number of amides is 2. The number of rotatable bonds is 2. The van der Waals surface area contributed by atoms with Crippen molar-refractivity contribution in [2.75, 3.05) is 12.9 Å². The van der Waals surface area contributed by atoms with Gasteiger partial charge in [0, 0.05) is 35.2 Å². The highest BCUT2D eigenvalue weighted by Gasteiger charge is 2.54. The van der Waals surface area contributed by atoms with Crippen LogP contribution in [0.25, 0.3) is 0 Å². The minimum atomic E-state index is -1.00. The topological polar surface area (TPSA) is 77.4 Å². The van der Waals surface area contributed by atoms with E-state index in [1.807, 2.05) is 0 Å². The van der Waals surface area contributed by atoms with Gasteiger partial charge in [0.15, 0.2) is 5.17 Å². The van der Waals surface area contributed by atoms with Crippen LogP contribution in [-0.4, -0.2) is 52.4 Å². The smallest absolute Gasteiger partial charge is 0.426 e. The fourth-order valence-corrected chi connectivity index (χ4v) is 5.82. The molecule has 10 heteroatoms. The molecule has 1 heterocycles. The molecule has 0 saturated heterocycles. The summed E-state index contributed by atoms with van der Waals surface area (Å²) in [4.78, 5) is 32.1. The van der Waals surface area contributed by atoms with Crippen LogP contribution in [0.1, 0.15) is 59.9 Å². The second kappa shape index (κ2) is 9.78.